The number of sulfonamides is 1. The van der Waals surface area contributed by atoms with E-state index in [2.05, 4.69) is 10.3 Å². The van der Waals surface area contributed by atoms with Gasteiger partial charge in [0.2, 0.25) is 0 Å². The topological polar surface area (TPSA) is 71.5 Å². The standard InChI is InChI=1S/C14H23N3O3S/c1-4-15-7-13-5-6-14(16-8-13)21(18,19)17-9-11(2)20-12(3)10-17/h5-6,8,11-12,15H,4,7,9-10H2,1-3H3/t11-,12+. The molecular weight excluding hydrogens is 290 g/mol. The van der Waals surface area contributed by atoms with Gasteiger partial charge in [-0.2, -0.15) is 4.31 Å². The fraction of sp³-hybridized carbons (Fsp3) is 0.643. The molecule has 1 saturated heterocycles. The number of rotatable bonds is 5. The zero-order valence-electron chi connectivity index (χ0n) is 12.7. The summed E-state index contributed by atoms with van der Waals surface area (Å²) in [7, 11) is -3.54. The van der Waals surface area contributed by atoms with Crippen LogP contribution in [0.1, 0.15) is 26.3 Å². The molecule has 0 spiro atoms. The van der Waals surface area contributed by atoms with Gasteiger partial charge < -0.3 is 10.1 Å². The molecule has 118 valence electrons. The number of hydrogen-bond acceptors (Lipinski definition) is 5. The summed E-state index contributed by atoms with van der Waals surface area (Å²) in [5.41, 5.74) is 0.972. The summed E-state index contributed by atoms with van der Waals surface area (Å²) in [5, 5.41) is 3.28. The summed E-state index contributed by atoms with van der Waals surface area (Å²) in [5.74, 6) is 0. The van der Waals surface area contributed by atoms with Gasteiger partial charge in [0.05, 0.1) is 12.2 Å². The highest BCUT2D eigenvalue weighted by Gasteiger charge is 2.32. The third-order valence-electron chi connectivity index (χ3n) is 3.37. The first-order valence-corrected chi connectivity index (χ1v) is 8.68. The third kappa shape index (κ3) is 4.00. The molecule has 21 heavy (non-hydrogen) atoms. The molecule has 0 unspecified atom stereocenters. The van der Waals surface area contributed by atoms with Gasteiger partial charge in [-0.3, -0.25) is 0 Å². The van der Waals surface area contributed by atoms with Crippen molar-refractivity contribution in [2.75, 3.05) is 19.6 Å². The first-order valence-electron chi connectivity index (χ1n) is 7.24. The lowest BCUT2D eigenvalue weighted by atomic mass is 10.3. The molecule has 2 rings (SSSR count). The van der Waals surface area contributed by atoms with Gasteiger partial charge in [0.15, 0.2) is 5.03 Å². The molecule has 1 aliphatic rings. The van der Waals surface area contributed by atoms with Crippen LogP contribution in [-0.2, 0) is 21.3 Å². The smallest absolute Gasteiger partial charge is 0.260 e. The maximum atomic E-state index is 12.6. The Balaban J connectivity index is 2.15. The van der Waals surface area contributed by atoms with E-state index in [1.807, 2.05) is 20.8 Å². The molecule has 0 bridgehead atoms. The fourth-order valence-electron chi connectivity index (χ4n) is 2.40. The van der Waals surface area contributed by atoms with Crippen molar-refractivity contribution in [3.63, 3.8) is 0 Å². The summed E-state index contributed by atoms with van der Waals surface area (Å²) >= 11 is 0. The van der Waals surface area contributed by atoms with Gasteiger partial charge in [0, 0.05) is 25.8 Å². The van der Waals surface area contributed by atoms with Crippen molar-refractivity contribution in [2.45, 2.75) is 44.5 Å². The maximum absolute atomic E-state index is 12.6. The van der Waals surface area contributed by atoms with E-state index in [-0.39, 0.29) is 17.2 Å². The van der Waals surface area contributed by atoms with E-state index in [4.69, 9.17) is 4.74 Å². The summed E-state index contributed by atoms with van der Waals surface area (Å²) in [4.78, 5) is 4.12. The predicted octanol–water partition coefficient (Wildman–Crippen LogP) is 0.989. The van der Waals surface area contributed by atoms with Crippen LogP contribution in [0.25, 0.3) is 0 Å². The molecular formula is C14H23N3O3S. The van der Waals surface area contributed by atoms with Crippen molar-refractivity contribution in [3.8, 4) is 0 Å². The second-order valence-electron chi connectivity index (χ2n) is 5.36. The molecule has 2 atom stereocenters. The molecule has 2 heterocycles. The van der Waals surface area contributed by atoms with Crippen LogP contribution in [0.3, 0.4) is 0 Å². The van der Waals surface area contributed by atoms with Crippen LogP contribution in [0, 0.1) is 0 Å². The van der Waals surface area contributed by atoms with E-state index < -0.39 is 10.0 Å². The van der Waals surface area contributed by atoms with Crippen LogP contribution >= 0.6 is 0 Å². The molecule has 1 fully saturated rings. The molecule has 1 aliphatic heterocycles. The number of nitrogens with one attached hydrogen (secondary N) is 1. The number of ether oxygens (including phenoxy) is 1. The van der Waals surface area contributed by atoms with Crippen LogP contribution in [0.5, 0.6) is 0 Å². The monoisotopic (exact) mass is 313 g/mol. The van der Waals surface area contributed by atoms with E-state index in [0.717, 1.165) is 12.1 Å². The van der Waals surface area contributed by atoms with Crippen LogP contribution in [0.4, 0.5) is 0 Å². The van der Waals surface area contributed by atoms with E-state index in [1.165, 1.54) is 4.31 Å². The van der Waals surface area contributed by atoms with Crippen molar-refractivity contribution in [1.29, 1.82) is 0 Å². The summed E-state index contributed by atoms with van der Waals surface area (Å²) in [6.07, 6.45) is 1.41. The lowest BCUT2D eigenvalue weighted by Gasteiger charge is -2.34. The first-order chi connectivity index (χ1) is 9.93. The largest absolute Gasteiger partial charge is 0.373 e. The Morgan fingerprint density at radius 1 is 1.33 bits per heavy atom. The second kappa shape index (κ2) is 6.83. The quantitative estimate of drug-likeness (QED) is 0.878. The first kappa shape index (κ1) is 16.4. The summed E-state index contributed by atoms with van der Waals surface area (Å²) < 4.78 is 32.2. The Hall–Kier alpha value is -1.02. The SMILES string of the molecule is CCNCc1ccc(S(=O)(=O)N2C[C@@H](C)O[C@@H](C)C2)nc1. The Labute approximate surface area is 126 Å². The minimum Gasteiger partial charge on any atom is -0.373 e. The fourth-order valence-corrected chi connectivity index (χ4v) is 3.90. The van der Waals surface area contributed by atoms with E-state index in [9.17, 15) is 8.42 Å². The van der Waals surface area contributed by atoms with Crippen molar-refractivity contribution in [3.05, 3.63) is 23.9 Å². The molecule has 1 N–H and O–H groups in total. The highest BCUT2D eigenvalue weighted by atomic mass is 32.2. The molecule has 0 saturated carbocycles. The van der Waals surface area contributed by atoms with E-state index in [0.29, 0.717) is 19.6 Å². The highest BCUT2D eigenvalue weighted by molar-refractivity contribution is 7.89. The second-order valence-corrected chi connectivity index (χ2v) is 7.25. The molecule has 7 heteroatoms. The molecule has 1 aromatic rings. The maximum Gasteiger partial charge on any atom is 0.260 e. The van der Waals surface area contributed by atoms with Crippen LogP contribution < -0.4 is 5.32 Å². The number of morpholine rings is 1. The van der Waals surface area contributed by atoms with Gasteiger partial charge >= 0.3 is 0 Å². The molecule has 1 aromatic heterocycles. The van der Waals surface area contributed by atoms with Gasteiger partial charge in [-0.1, -0.05) is 13.0 Å². The minimum absolute atomic E-state index is 0.100. The molecule has 0 radical (unpaired) electrons. The van der Waals surface area contributed by atoms with Gasteiger partial charge in [0.25, 0.3) is 10.0 Å². The van der Waals surface area contributed by atoms with E-state index in [1.54, 1.807) is 18.3 Å². The van der Waals surface area contributed by atoms with Crippen molar-refractivity contribution in [2.24, 2.45) is 0 Å². The van der Waals surface area contributed by atoms with Gasteiger partial charge in [-0.05, 0) is 32.0 Å². The Morgan fingerprint density at radius 2 is 2.00 bits per heavy atom. The lowest BCUT2D eigenvalue weighted by molar-refractivity contribution is -0.0441. The van der Waals surface area contributed by atoms with Crippen LogP contribution in [-0.4, -0.2) is 49.5 Å². The van der Waals surface area contributed by atoms with Crippen molar-refractivity contribution in [1.82, 2.24) is 14.6 Å². The normalized spacial score (nSPS) is 24.1. The number of aromatic nitrogens is 1. The number of pyridine rings is 1. The third-order valence-corrected chi connectivity index (χ3v) is 5.12. The highest BCUT2D eigenvalue weighted by Crippen LogP contribution is 2.19. The van der Waals surface area contributed by atoms with Crippen LogP contribution in [0.15, 0.2) is 23.4 Å². The Bertz CT molecular complexity index is 549. The molecule has 6 nitrogen and oxygen atoms in total. The minimum atomic E-state index is -3.54. The molecule has 0 aliphatic carbocycles. The van der Waals surface area contributed by atoms with Crippen LogP contribution in [0.2, 0.25) is 0 Å². The zero-order chi connectivity index (χ0) is 15.5. The summed E-state index contributed by atoms with van der Waals surface area (Å²) in [6, 6.07) is 3.38. The zero-order valence-corrected chi connectivity index (χ0v) is 13.6. The average Bonchev–Trinajstić information content (AvgIpc) is 2.44. The Morgan fingerprint density at radius 3 is 2.52 bits per heavy atom. The van der Waals surface area contributed by atoms with Gasteiger partial charge in [-0.25, -0.2) is 13.4 Å². The molecule has 0 amide bonds. The van der Waals surface area contributed by atoms with Crippen molar-refractivity contribution >= 4 is 10.0 Å². The predicted molar refractivity (Wildman–Crippen MR) is 80.4 cm³/mol. The average molecular weight is 313 g/mol. The molecule has 0 aromatic carbocycles. The van der Waals surface area contributed by atoms with E-state index >= 15 is 0 Å². The number of nitrogens with zero attached hydrogens (tertiary/aromatic N) is 2. The van der Waals surface area contributed by atoms with Gasteiger partial charge in [-0.15, -0.1) is 0 Å². The van der Waals surface area contributed by atoms with Gasteiger partial charge in [0.1, 0.15) is 0 Å². The lowest BCUT2D eigenvalue weighted by Crippen LogP contribution is -2.48. The Kier molecular flexibility index (Phi) is 5.32. The number of hydrogen-bond donors (Lipinski definition) is 1. The van der Waals surface area contributed by atoms with Crippen molar-refractivity contribution < 1.29 is 13.2 Å². The summed E-state index contributed by atoms with van der Waals surface area (Å²) in [6.45, 7) is 8.07.